The third kappa shape index (κ3) is 6.56. The van der Waals surface area contributed by atoms with Gasteiger partial charge in [0.15, 0.2) is 6.10 Å². The molecule has 0 bridgehead atoms. The zero-order valence-electron chi connectivity index (χ0n) is 13.9. The van der Waals surface area contributed by atoms with E-state index in [-0.39, 0.29) is 31.8 Å². The minimum atomic E-state index is -1.28. The van der Waals surface area contributed by atoms with Crippen molar-refractivity contribution in [1.82, 2.24) is 0 Å². The lowest BCUT2D eigenvalue weighted by molar-refractivity contribution is -0.152. The van der Waals surface area contributed by atoms with Gasteiger partial charge in [0.25, 0.3) is 0 Å². The molecule has 6 heteroatoms. The second kappa shape index (κ2) is 10.6. The SMILES string of the molecule is CCOC(=O)[C@H](O)CC(=C=CC[C@@H](O)c1ccccc1O)COC. The number of aliphatic hydroxyl groups excluding tert-OH is 2. The second-order valence-electron chi connectivity index (χ2n) is 5.17. The Kier molecular flexibility index (Phi) is 8.83. The highest BCUT2D eigenvalue weighted by molar-refractivity contribution is 5.74. The molecule has 0 aliphatic carbocycles. The maximum absolute atomic E-state index is 11.5. The molecule has 132 valence electrons. The number of aliphatic hydroxyl groups is 2. The van der Waals surface area contributed by atoms with E-state index in [9.17, 15) is 20.1 Å². The van der Waals surface area contributed by atoms with Crippen LogP contribution in [-0.2, 0) is 14.3 Å². The average molecular weight is 336 g/mol. The van der Waals surface area contributed by atoms with Crippen molar-refractivity contribution in [2.45, 2.75) is 32.0 Å². The van der Waals surface area contributed by atoms with Crippen LogP contribution >= 0.6 is 0 Å². The first-order valence-corrected chi connectivity index (χ1v) is 7.72. The van der Waals surface area contributed by atoms with E-state index < -0.39 is 18.2 Å². The summed E-state index contributed by atoms with van der Waals surface area (Å²) in [5.74, 6) is -0.667. The van der Waals surface area contributed by atoms with Gasteiger partial charge in [0.2, 0.25) is 0 Å². The summed E-state index contributed by atoms with van der Waals surface area (Å²) in [4.78, 5) is 11.5. The van der Waals surface area contributed by atoms with E-state index in [0.29, 0.717) is 11.1 Å². The smallest absolute Gasteiger partial charge is 0.335 e. The number of rotatable bonds is 9. The summed E-state index contributed by atoms with van der Waals surface area (Å²) in [5, 5.41) is 29.6. The van der Waals surface area contributed by atoms with Crippen LogP contribution in [0.15, 0.2) is 41.6 Å². The number of phenolic OH excluding ortho intramolecular Hbond substituents is 1. The second-order valence-corrected chi connectivity index (χ2v) is 5.17. The minimum Gasteiger partial charge on any atom is -0.508 e. The number of ether oxygens (including phenoxy) is 2. The van der Waals surface area contributed by atoms with Crippen molar-refractivity contribution in [2.24, 2.45) is 0 Å². The van der Waals surface area contributed by atoms with Crippen molar-refractivity contribution in [3.05, 3.63) is 47.2 Å². The van der Waals surface area contributed by atoms with Crippen LogP contribution in [0.1, 0.15) is 31.4 Å². The number of carbonyl (C=O) groups excluding carboxylic acids is 1. The summed E-state index contributed by atoms with van der Waals surface area (Å²) >= 11 is 0. The van der Waals surface area contributed by atoms with E-state index >= 15 is 0 Å². The van der Waals surface area contributed by atoms with Gasteiger partial charge in [-0.15, -0.1) is 5.73 Å². The lowest BCUT2D eigenvalue weighted by Crippen LogP contribution is -2.24. The Balaban J connectivity index is 2.74. The standard InChI is InChI=1S/C18H24O6/c1-3-24-18(22)17(21)11-13(12-23-2)7-6-10-16(20)14-8-4-5-9-15(14)19/h4-6,8-9,16-17,19-21H,3,10-12H2,1-2H3/t7?,16-,17-/m1/s1. The quantitative estimate of drug-likeness (QED) is 0.470. The Labute approximate surface area is 141 Å². The van der Waals surface area contributed by atoms with E-state index in [0.717, 1.165) is 0 Å². The molecule has 0 fully saturated rings. The fourth-order valence-electron chi connectivity index (χ4n) is 2.10. The predicted octanol–water partition coefficient (Wildman–Crippen LogP) is 1.86. The van der Waals surface area contributed by atoms with E-state index in [1.165, 1.54) is 13.2 Å². The van der Waals surface area contributed by atoms with Gasteiger partial charge in [-0.05, 0) is 19.1 Å². The molecule has 0 heterocycles. The summed E-state index contributed by atoms with van der Waals surface area (Å²) in [6.07, 6.45) is -0.309. The number of hydrogen-bond donors (Lipinski definition) is 3. The van der Waals surface area contributed by atoms with Gasteiger partial charge in [-0.2, -0.15) is 0 Å². The maximum Gasteiger partial charge on any atom is 0.335 e. The zero-order valence-corrected chi connectivity index (χ0v) is 13.9. The van der Waals surface area contributed by atoms with Crippen LogP contribution < -0.4 is 0 Å². The van der Waals surface area contributed by atoms with Crippen LogP contribution in [0.4, 0.5) is 0 Å². The molecule has 0 unspecified atom stereocenters. The lowest BCUT2D eigenvalue weighted by Gasteiger charge is -2.11. The molecule has 1 rings (SSSR count). The Bertz CT molecular complexity index is 589. The molecule has 1 aromatic rings. The molecule has 24 heavy (non-hydrogen) atoms. The van der Waals surface area contributed by atoms with Gasteiger partial charge in [-0.1, -0.05) is 18.2 Å². The largest absolute Gasteiger partial charge is 0.508 e. The first-order chi connectivity index (χ1) is 11.5. The molecule has 0 saturated heterocycles. The molecule has 6 nitrogen and oxygen atoms in total. The van der Waals surface area contributed by atoms with Crippen LogP contribution in [0.25, 0.3) is 0 Å². The van der Waals surface area contributed by atoms with Crippen LogP contribution in [-0.4, -0.2) is 47.7 Å². The Morgan fingerprint density at radius 3 is 2.67 bits per heavy atom. The predicted molar refractivity (Wildman–Crippen MR) is 88.4 cm³/mol. The van der Waals surface area contributed by atoms with E-state index in [1.54, 1.807) is 31.2 Å². The van der Waals surface area contributed by atoms with Gasteiger partial charge in [0.1, 0.15) is 5.75 Å². The van der Waals surface area contributed by atoms with Gasteiger partial charge < -0.3 is 24.8 Å². The summed E-state index contributed by atoms with van der Waals surface area (Å²) in [6.45, 7) is 2.05. The van der Waals surface area contributed by atoms with Gasteiger partial charge in [0.05, 0.1) is 19.3 Å². The molecule has 0 spiro atoms. The van der Waals surface area contributed by atoms with Gasteiger partial charge >= 0.3 is 5.97 Å². The molecule has 0 aromatic heterocycles. The number of phenols is 1. The maximum atomic E-state index is 11.5. The Morgan fingerprint density at radius 1 is 1.33 bits per heavy atom. The van der Waals surface area contributed by atoms with E-state index in [2.05, 4.69) is 5.73 Å². The zero-order chi connectivity index (χ0) is 17.9. The first kappa shape index (κ1) is 19.9. The number of benzene rings is 1. The lowest BCUT2D eigenvalue weighted by atomic mass is 10.0. The summed E-state index contributed by atoms with van der Waals surface area (Å²) in [7, 11) is 1.50. The first-order valence-electron chi connectivity index (χ1n) is 7.72. The normalized spacial score (nSPS) is 12.8. The van der Waals surface area contributed by atoms with Gasteiger partial charge in [-0.3, -0.25) is 0 Å². The van der Waals surface area contributed by atoms with Crippen LogP contribution in [0.5, 0.6) is 5.75 Å². The van der Waals surface area contributed by atoms with Gasteiger partial charge in [-0.25, -0.2) is 4.79 Å². The van der Waals surface area contributed by atoms with E-state index in [4.69, 9.17) is 9.47 Å². The molecule has 3 N–H and O–H groups in total. The molecule has 0 amide bonds. The Hall–Kier alpha value is -2.11. The third-order valence-electron chi connectivity index (χ3n) is 3.26. The van der Waals surface area contributed by atoms with Crippen LogP contribution in [0, 0.1) is 0 Å². The Morgan fingerprint density at radius 2 is 2.04 bits per heavy atom. The average Bonchev–Trinajstić information content (AvgIpc) is 2.55. The highest BCUT2D eigenvalue weighted by Crippen LogP contribution is 2.25. The van der Waals surface area contributed by atoms with Crippen molar-refractivity contribution in [3.63, 3.8) is 0 Å². The number of carbonyl (C=O) groups is 1. The molecule has 0 aliphatic rings. The third-order valence-corrected chi connectivity index (χ3v) is 3.26. The van der Waals surface area contributed by atoms with Crippen LogP contribution in [0.2, 0.25) is 0 Å². The van der Waals surface area contributed by atoms with Crippen LogP contribution in [0.3, 0.4) is 0 Å². The summed E-state index contributed by atoms with van der Waals surface area (Å²) < 4.78 is 9.77. The number of methoxy groups -OCH3 is 1. The van der Waals surface area contributed by atoms with Crippen molar-refractivity contribution in [3.8, 4) is 5.75 Å². The van der Waals surface area contributed by atoms with Crippen molar-refractivity contribution in [1.29, 1.82) is 0 Å². The highest BCUT2D eigenvalue weighted by atomic mass is 16.5. The fourth-order valence-corrected chi connectivity index (χ4v) is 2.10. The molecule has 2 atom stereocenters. The van der Waals surface area contributed by atoms with E-state index in [1.807, 2.05) is 0 Å². The summed E-state index contributed by atoms with van der Waals surface area (Å²) in [5.41, 5.74) is 3.92. The van der Waals surface area contributed by atoms with Gasteiger partial charge in [0, 0.05) is 31.1 Å². The number of aromatic hydroxyl groups is 1. The molecule has 0 radical (unpaired) electrons. The number of esters is 1. The van der Waals surface area contributed by atoms with Crippen molar-refractivity contribution >= 4 is 5.97 Å². The molecule has 0 aliphatic heterocycles. The number of para-hydroxylation sites is 1. The van der Waals surface area contributed by atoms with Crippen molar-refractivity contribution < 1.29 is 29.6 Å². The number of hydrogen-bond acceptors (Lipinski definition) is 6. The minimum absolute atomic E-state index is 0.0252. The summed E-state index contributed by atoms with van der Waals surface area (Å²) in [6, 6.07) is 6.54. The monoisotopic (exact) mass is 336 g/mol. The van der Waals surface area contributed by atoms with Crippen molar-refractivity contribution in [2.75, 3.05) is 20.3 Å². The molecular formula is C18H24O6. The molecule has 0 saturated carbocycles. The molecule has 1 aromatic carbocycles. The molecular weight excluding hydrogens is 312 g/mol. The fraction of sp³-hybridized carbons (Fsp3) is 0.444. The topological polar surface area (TPSA) is 96.2 Å². The highest BCUT2D eigenvalue weighted by Gasteiger charge is 2.17.